The van der Waals surface area contributed by atoms with Gasteiger partial charge in [0.15, 0.2) is 23.0 Å². The van der Waals surface area contributed by atoms with Gasteiger partial charge >= 0.3 is 17.9 Å². The van der Waals surface area contributed by atoms with Gasteiger partial charge in [-0.1, -0.05) is 0 Å². The van der Waals surface area contributed by atoms with Gasteiger partial charge in [-0.2, -0.15) is 0 Å². The Labute approximate surface area is 199 Å². The highest BCUT2D eigenvalue weighted by atomic mass is 16.7. The van der Waals surface area contributed by atoms with Gasteiger partial charge in [0.2, 0.25) is 12.5 Å². The van der Waals surface area contributed by atoms with E-state index in [0.29, 0.717) is 22.6 Å². The average Bonchev–Trinajstić information content (AvgIpc) is 3.40. The van der Waals surface area contributed by atoms with Crippen LogP contribution in [0.25, 0.3) is 0 Å². The van der Waals surface area contributed by atoms with Gasteiger partial charge in [-0.05, 0) is 23.8 Å². The number of hydrogen-bond donors (Lipinski definition) is 1. The molecule has 2 aliphatic heterocycles. The Morgan fingerprint density at radius 2 is 1.49 bits per heavy atom. The summed E-state index contributed by atoms with van der Waals surface area (Å²) < 4.78 is 37.5. The molecule has 0 saturated carbocycles. The van der Waals surface area contributed by atoms with Crippen LogP contribution >= 0.6 is 0 Å². The van der Waals surface area contributed by atoms with Gasteiger partial charge in [0, 0.05) is 31.4 Å². The van der Waals surface area contributed by atoms with Crippen molar-refractivity contribution in [3.63, 3.8) is 0 Å². The second kappa shape index (κ2) is 9.45. The minimum atomic E-state index is -1.02. The second-order valence-electron chi connectivity index (χ2n) is 7.55. The molecule has 0 fully saturated rings. The highest BCUT2D eigenvalue weighted by molar-refractivity contribution is 5.94. The number of hydrogen-bond acceptors (Lipinski definition) is 11. The molecule has 35 heavy (non-hydrogen) atoms. The Balaban J connectivity index is 2.00. The fraction of sp³-hybridized carbons (Fsp3) is 0.292. The van der Waals surface area contributed by atoms with Crippen molar-refractivity contribution >= 4 is 17.9 Å². The summed E-state index contributed by atoms with van der Waals surface area (Å²) in [6, 6.07) is 6.04. The summed E-state index contributed by atoms with van der Waals surface area (Å²) in [5.74, 6) is -2.25. The van der Waals surface area contributed by atoms with Crippen molar-refractivity contribution in [3.05, 3.63) is 46.7 Å². The smallest absolute Gasteiger partial charge is 0.338 e. The Bertz CT molecular complexity index is 1220. The SMILES string of the molecule is COc1cc(C(C2=C(O)COC2=O)c2cc3c(cc2OC(C)=O)OCO3)cc(OC)c1OC(C)=O. The molecule has 2 heterocycles. The zero-order chi connectivity index (χ0) is 25.3. The van der Waals surface area contributed by atoms with Crippen LogP contribution in [0.15, 0.2) is 35.6 Å². The number of aliphatic hydroxyl groups excluding tert-OH is 1. The predicted molar refractivity (Wildman–Crippen MR) is 117 cm³/mol. The normalized spacial score (nSPS) is 14.9. The monoisotopic (exact) mass is 486 g/mol. The van der Waals surface area contributed by atoms with Crippen LogP contribution in [-0.2, 0) is 19.1 Å². The summed E-state index contributed by atoms with van der Waals surface area (Å²) in [5, 5.41) is 10.6. The first-order valence-electron chi connectivity index (χ1n) is 10.4. The van der Waals surface area contributed by atoms with E-state index in [2.05, 4.69) is 0 Å². The number of carbonyl (C=O) groups excluding carboxylic acids is 3. The fourth-order valence-electron chi connectivity index (χ4n) is 3.91. The number of rotatable bonds is 7. The van der Waals surface area contributed by atoms with Gasteiger partial charge in [0.1, 0.15) is 18.1 Å². The summed E-state index contributed by atoms with van der Waals surface area (Å²) in [7, 11) is 2.73. The Morgan fingerprint density at radius 3 is 2.00 bits per heavy atom. The molecule has 184 valence electrons. The van der Waals surface area contributed by atoms with Gasteiger partial charge in [-0.15, -0.1) is 0 Å². The minimum Gasteiger partial charge on any atom is -0.508 e. The second-order valence-corrected chi connectivity index (χ2v) is 7.55. The Hall–Kier alpha value is -4.41. The van der Waals surface area contributed by atoms with Gasteiger partial charge < -0.3 is 38.3 Å². The first-order chi connectivity index (χ1) is 16.7. The summed E-state index contributed by atoms with van der Waals surface area (Å²) in [4.78, 5) is 36.2. The van der Waals surface area contributed by atoms with E-state index in [9.17, 15) is 19.5 Å². The topological polar surface area (TPSA) is 136 Å². The number of cyclic esters (lactones) is 1. The van der Waals surface area contributed by atoms with Crippen LogP contribution in [0.2, 0.25) is 0 Å². The van der Waals surface area contributed by atoms with E-state index in [1.807, 2.05) is 0 Å². The molecule has 1 unspecified atom stereocenters. The van der Waals surface area contributed by atoms with Crippen molar-refractivity contribution in [1.29, 1.82) is 0 Å². The van der Waals surface area contributed by atoms with Gasteiger partial charge in [0.05, 0.1) is 19.8 Å². The standard InChI is InChI=1S/C24H22O11/c1-11(25)34-16-8-18-17(32-10-33-18)7-14(16)21(22-15(27)9-31-24(22)28)13-5-19(29-3)23(35-12(2)26)20(6-13)30-4/h5-8,21,27H,9-10H2,1-4H3. The minimum absolute atomic E-state index is 0.0306. The van der Waals surface area contributed by atoms with E-state index in [4.69, 9.17) is 33.2 Å². The van der Waals surface area contributed by atoms with E-state index < -0.39 is 23.8 Å². The molecule has 1 N–H and O–H groups in total. The van der Waals surface area contributed by atoms with Crippen molar-refractivity contribution < 1.29 is 52.6 Å². The zero-order valence-corrected chi connectivity index (χ0v) is 19.3. The lowest BCUT2D eigenvalue weighted by atomic mass is 9.83. The van der Waals surface area contributed by atoms with E-state index in [1.54, 1.807) is 6.07 Å². The predicted octanol–water partition coefficient (Wildman–Crippen LogP) is 2.78. The number of ether oxygens (including phenoxy) is 7. The fourth-order valence-corrected chi connectivity index (χ4v) is 3.91. The Morgan fingerprint density at radius 1 is 0.886 bits per heavy atom. The van der Waals surface area contributed by atoms with E-state index in [0.717, 1.165) is 0 Å². The maximum Gasteiger partial charge on any atom is 0.338 e. The largest absolute Gasteiger partial charge is 0.508 e. The molecular weight excluding hydrogens is 464 g/mol. The van der Waals surface area contributed by atoms with Crippen LogP contribution in [0, 0.1) is 0 Å². The number of esters is 3. The molecular formula is C24H22O11. The van der Waals surface area contributed by atoms with Crippen LogP contribution in [0.3, 0.4) is 0 Å². The highest BCUT2D eigenvalue weighted by Crippen LogP contribution is 2.49. The van der Waals surface area contributed by atoms with E-state index in [1.165, 1.54) is 46.3 Å². The number of fused-ring (bicyclic) bond motifs is 1. The van der Waals surface area contributed by atoms with Crippen molar-refractivity contribution in [2.24, 2.45) is 0 Å². The van der Waals surface area contributed by atoms with Crippen LogP contribution in [0.5, 0.6) is 34.5 Å². The van der Waals surface area contributed by atoms with Crippen molar-refractivity contribution in [2.75, 3.05) is 27.6 Å². The molecule has 0 aliphatic carbocycles. The zero-order valence-electron chi connectivity index (χ0n) is 19.3. The molecule has 2 aromatic carbocycles. The lowest BCUT2D eigenvalue weighted by molar-refractivity contribution is -0.136. The first-order valence-corrected chi connectivity index (χ1v) is 10.4. The molecule has 11 heteroatoms. The number of benzene rings is 2. The quantitative estimate of drug-likeness (QED) is 0.457. The molecule has 1 atom stereocenters. The van der Waals surface area contributed by atoms with E-state index in [-0.39, 0.29) is 47.7 Å². The van der Waals surface area contributed by atoms with Crippen LogP contribution in [0.1, 0.15) is 30.9 Å². The molecule has 0 spiro atoms. The van der Waals surface area contributed by atoms with Gasteiger partial charge in [0.25, 0.3) is 0 Å². The first kappa shape index (κ1) is 23.7. The summed E-state index contributed by atoms with van der Waals surface area (Å²) in [5.41, 5.74) is 0.595. The van der Waals surface area contributed by atoms with Crippen LogP contribution in [-0.4, -0.2) is 50.6 Å². The molecule has 2 aromatic rings. The number of aliphatic hydroxyl groups is 1. The van der Waals surface area contributed by atoms with Crippen molar-refractivity contribution in [3.8, 4) is 34.5 Å². The maximum absolute atomic E-state index is 12.7. The molecule has 11 nitrogen and oxygen atoms in total. The van der Waals surface area contributed by atoms with Crippen molar-refractivity contribution in [1.82, 2.24) is 0 Å². The van der Waals surface area contributed by atoms with Crippen molar-refractivity contribution in [2.45, 2.75) is 19.8 Å². The molecule has 0 bridgehead atoms. The van der Waals surface area contributed by atoms with Gasteiger partial charge in [-0.25, -0.2) is 4.79 Å². The van der Waals surface area contributed by atoms with Gasteiger partial charge in [-0.3, -0.25) is 9.59 Å². The molecule has 0 aromatic heterocycles. The third-order valence-electron chi connectivity index (χ3n) is 5.29. The van der Waals surface area contributed by atoms with Crippen LogP contribution in [0.4, 0.5) is 0 Å². The number of carbonyl (C=O) groups is 3. The summed E-state index contributed by atoms with van der Waals surface area (Å²) in [6.45, 7) is 2.09. The summed E-state index contributed by atoms with van der Waals surface area (Å²) in [6.07, 6.45) is 0. The molecule has 0 radical (unpaired) electrons. The third-order valence-corrected chi connectivity index (χ3v) is 5.29. The highest BCUT2D eigenvalue weighted by Gasteiger charge is 2.38. The van der Waals surface area contributed by atoms with E-state index >= 15 is 0 Å². The van der Waals surface area contributed by atoms with Crippen LogP contribution < -0.4 is 28.4 Å². The molecule has 4 rings (SSSR count). The lowest BCUT2D eigenvalue weighted by Gasteiger charge is -2.23. The molecule has 0 saturated heterocycles. The Kier molecular flexibility index (Phi) is 6.41. The summed E-state index contributed by atoms with van der Waals surface area (Å²) >= 11 is 0. The number of methoxy groups -OCH3 is 2. The third kappa shape index (κ3) is 4.52. The maximum atomic E-state index is 12.7. The average molecular weight is 486 g/mol. The molecule has 0 amide bonds. The lowest BCUT2D eigenvalue weighted by Crippen LogP contribution is -2.15. The molecule has 2 aliphatic rings.